The standard InChI is InChI=1S/C19H16ClFN6O/c20-12-7-9-24-17(10-12)19(28)25-8-1-2-16-15(11-22)18(23)27(26-16)14-5-3-13(21)4-6-14/h3-7,9-10H,1-2,8,23H2,(H,25,28). The highest BCUT2D eigenvalue weighted by Gasteiger charge is 2.16. The first-order valence-corrected chi connectivity index (χ1v) is 8.80. The molecule has 0 radical (unpaired) electrons. The van der Waals surface area contributed by atoms with Gasteiger partial charge in [-0.3, -0.25) is 9.78 Å². The molecule has 0 fully saturated rings. The minimum atomic E-state index is -0.375. The molecule has 0 unspecified atom stereocenters. The first kappa shape index (κ1) is 19.3. The summed E-state index contributed by atoms with van der Waals surface area (Å²) in [4.78, 5) is 16.0. The van der Waals surface area contributed by atoms with Crippen LogP contribution in [0.5, 0.6) is 0 Å². The van der Waals surface area contributed by atoms with Gasteiger partial charge in [-0.15, -0.1) is 0 Å². The maximum absolute atomic E-state index is 13.1. The van der Waals surface area contributed by atoms with Gasteiger partial charge in [-0.2, -0.15) is 10.4 Å². The number of pyridine rings is 1. The van der Waals surface area contributed by atoms with Gasteiger partial charge in [0.1, 0.15) is 29.0 Å². The summed E-state index contributed by atoms with van der Waals surface area (Å²) in [6.07, 6.45) is 2.44. The number of carbonyl (C=O) groups excluding carboxylic acids is 1. The number of aromatic nitrogens is 3. The summed E-state index contributed by atoms with van der Waals surface area (Å²) in [7, 11) is 0. The molecule has 3 N–H and O–H groups in total. The van der Waals surface area contributed by atoms with E-state index in [2.05, 4.69) is 21.5 Å². The molecule has 7 nitrogen and oxygen atoms in total. The Hall–Kier alpha value is -3.44. The van der Waals surface area contributed by atoms with Crippen LogP contribution in [-0.4, -0.2) is 27.2 Å². The van der Waals surface area contributed by atoms with E-state index >= 15 is 0 Å². The van der Waals surface area contributed by atoms with Crippen molar-refractivity contribution < 1.29 is 9.18 Å². The molecule has 0 aliphatic carbocycles. The number of carbonyl (C=O) groups is 1. The van der Waals surface area contributed by atoms with Crippen LogP contribution in [0.3, 0.4) is 0 Å². The highest BCUT2D eigenvalue weighted by Crippen LogP contribution is 2.21. The van der Waals surface area contributed by atoms with Gasteiger partial charge in [-0.1, -0.05) is 11.6 Å². The predicted molar refractivity (Wildman–Crippen MR) is 103 cm³/mol. The Kier molecular flexibility index (Phi) is 5.87. The number of amides is 1. The second kappa shape index (κ2) is 8.50. The zero-order chi connectivity index (χ0) is 20.1. The quantitative estimate of drug-likeness (QED) is 0.620. The van der Waals surface area contributed by atoms with E-state index in [1.807, 2.05) is 0 Å². The normalized spacial score (nSPS) is 10.5. The molecule has 0 atom stereocenters. The SMILES string of the molecule is N#Cc1c(CCCNC(=O)c2cc(Cl)ccn2)nn(-c2ccc(F)cc2)c1N. The van der Waals surface area contributed by atoms with Crippen molar-refractivity contribution in [2.75, 3.05) is 12.3 Å². The zero-order valence-electron chi connectivity index (χ0n) is 14.7. The lowest BCUT2D eigenvalue weighted by Gasteiger charge is -2.04. The van der Waals surface area contributed by atoms with E-state index in [1.165, 1.54) is 41.2 Å². The molecule has 0 aliphatic heterocycles. The van der Waals surface area contributed by atoms with Gasteiger partial charge in [0.25, 0.3) is 5.91 Å². The third-order valence-electron chi connectivity index (χ3n) is 4.01. The van der Waals surface area contributed by atoms with Crippen LogP contribution in [0, 0.1) is 17.1 Å². The summed E-state index contributed by atoms with van der Waals surface area (Å²) >= 11 is 5.85. The molecule has 0 saturated heterocycles. The summed E-state index contributed by atoms with van der Waals surface area (Å²) in [6.45, 7) is 0.362. The maximum Gasteiger partial charge on any atom is 0.269 e. The summed E-state index contributed by atoms with van der Waals surface area (Å²) in [5.41, 5.74) is 7.59. The number of halogens is 2. The molecule has 3 aromatic rings. The second-order valence-corrected chi connectivity index (χ2v) is 6.36. The summed E-state index contributed by atoms with van der Waals surface area (Å²) in [6, 6.07) is 10.8. The number of aryl methyl sites for hydroxylation is 1. The van der Waals surface area contributed by atoms with Gasteiger partial charge in [0.2, 0.25) is 0 Å². The average molecular weight is 399 g/mol. The van der Waals surface area contributed by atoms with Crippen molar-refractivity contribution in [3.05, 3.63) is 70.4 Å². The lowest BCUT2D eigenvalue weighted by molar-refractivity contribution is 0.0948. The fourth-order valence-corrected chi connectivity index (χ4v) is 2.79. The van der Waals surface area contributed by atoms with Gasteiger partial charge in [-0.25, -0.2) is 9.07 Å². The molecule has 0 aliphatic rings. The Bertz CT molecular complexity index is 1040. The average Bonchev–Trinajstić information content (AvgIpc) is 3.01. The predicted octanol–water partition coefficient (Wildman–Crippen LogP) is 2.88. The van der Waals surface area contributed by atoms with Crippen molar-refractivity contribution in [3.63, 3.8) is 0 Å². The number of benzene rings is 1. The van der Waals surface area contributed by atoms with Crippen LogP contribution >= 0.6 is 11.6 Å². The number of rotatable bonds is 6. The number of hydrogen-bond acceptors (Lipinski definition) is 5. The van der Waals surface area contributed by atoms with Crippen molar-refractivity contribution in [1.82, 2.24) is 20.1 Å². The van der Waals surface area contributed by atoms with Gasteiger partial charge in [0, 0.05) is 17.8 Å². The van der Waals surface area contributed by atoms with E-state index in [-0.39, 0.29) is 28.8 Å². The fourth-order valence-electron chi connectivity index (χ4n) is 2.63. The molecule has 1 aromatic carbocycles. The summed E-state index contributed by atoms with van der Waals surface area (Å²) in [5, 5.41) is 16.9. The third kappa shape index (κ3) is 4.27. The number of hydrogen-bond donors (Lipinski definition) is 2. The van der Waals surface area contributed by atoms with Crippen LogP contribution in [0.2, 0.25) is 5.02 Å². The van der Waals surface area contributed by atoms with Crippen molar-refractivity contribution in [2.45, 2.75) is 12.8 Å². The minimum absolute atomic E-state index is 0.191. The molecule has 142 valence electrons. The van der Waals surface area contributed by atoms with E-state index in [0.717, 1.165) is 0 Å². The van der Waals surface area contributed by atoms with Gasteiger partial charge in [-0.05, 0) is 49.2 Å². The van der Waals surface area contributed by atoms with Crippen LogP contribution in [0.1, 0.15) is 28.2 Å². The molecule has 3 rings (SSSR count). The molecule has 0 bridgehead atoms. The van der Waals surface area contributed by atoms with E-state index in [9.17, 15) is 14.4 Å². The monoisotopic (exact) mass is 398 g/mol. The first-order valence-electron chi connectivity index (χ1n) is 8.42. The number of nitrogens with two attached hydrogens (primary N) is 1. The molecule has 1 amide bonds. The molecule has 9 heteroatoms. The highest BCUT2D eigenvalue weighted by atomic mass is 35.5. The Morgan fingerprint density at radius 3 is 2.75 bits per heavy atom. The summed E-state index contributed by atoms with van der Waals surface area (Å²) in [5.74, 6) is -0.518. The van der Waals surface area contributed by atoms with Crippen molar-refractivity contribution >= 4 is 23.3 Å². The van der Waals surface area contributed by atoms with Gasteiger partial charge in [0.05, 0.1) is 11.4 Å². The van der Waals surface area contributed by atoms with Crippen LogP contribution in [0.25, 0.3) is 5.69 Å². The number of nitrogen functional groups attached to an aromatic ring is 1. The van der Waals surface area contributed by atoms with Gasteiger partial charge < -0.3 is 11.1 Å². The Labute approximate surface area is 165 Å². The van der Waals surface area contributed by atoms with E-state index in [0.29, 0.717) is 35.8 Å². The Morgan fingerprint density at radius 1 is 1.32 bits per heavy atom. The smallest absolute Gasteiger partial charge is 0.269 e. The zero-order valence-corrected chi connectivity index (χ0v) is 15.4. The molecule has 28 heavy (non-hydrogen) atoms. The van der Waals surface area contributed by atoms with Crippen molar-refractivity contribution in [2.24, 2.45) is 0 Å². The van der Waals surface area contributed by atoms with Crippen molar-refractivity contribution in [3.8, 4) is 11.8 Å². The molecule has 0 spiro atoms. The topological polar surface area (TPSA) is 110 Å². The highest BCUT2D eigenvalue weighted by molar-refractivity contribution is 6.30. The third-order valence-corrected chi connectivity index (χ3v) is 4.24. The largest absolute Gasteiger partial charge is 0.382 e. The molecule has 0 saturated carbocycles. The molecular formula is C19H16ClFN6O. The minimum Gasteiger partial charge on any atom is -0.382 e. The molecule has 2 aromatic heterocycles. The number of nitriles is 1. The van der Waals surface area contributed by atoms with Crippen LogP contribution in [0.4, 0.5) is 10.2 Å². The maximum atomic E-state index is 13.1. The Morgan fingerprint density at radius 2 is 2.07 bits per heavy atom. The lowest BCUT2D eigenvalue weighted by atomic mass is 10.1. The van der Waals surface area contributed by atoms with Gasteiger partial charge >= 0.3 is 0 Å². The molecule has 2 heterocycles. The number of anilines is 1. The van der Waals surface area contributed by atoms with E-state index in [4.69, 9.17) is 17.3 Å². The van der Waals surface area contributed by atoms with Crippen molar-refractivity contribution in [1.29, 1.82) is 5.26 Å². The van der Waals surface area contributed by atoms with Gasteiger partial charge in [0.15, 0.2) is 0 Å². The van der Waals surface area contributed by atoms with E-state index in [1.54, 1.807) is 6.07 Å². The van der Waals surface area contributed by atoms with Crippen LogP contribution in [0.15, 0.2) is 42.6 Å². The Balaban J connectivity index is 1.64. The van der Waals surface area contributed by atoms with Crippen LogP contribution < -0.4 is 11.1 Å². The first-order chi connectivity index (χ1) is 13.5. The van der Waals surface area contributed by atoms with E-state index < -0.39 is 0 Å². The summed E-state index contributed by atoms with van der Waals surface area (Å²) < 4.78 is 14.5. The lowest BCUT2D eigenvalue weighted by Crippen LogP contribution is -2.25. The van der Waals surface area contributed by atoms with Crippen LogP contribution in [-0.2, 0) is 6.42 Å². The molecular weight excluding hydrogens is 383 g/mol. The number of nitrogens with one attached hydrogen (secondary N) is 1. The fraction of sp³-hybridized carbons (Fsp3) is 0.158. The number of nitrogens with zero attached hydrogens (tertiary/aromatic N) is 4. The second-order valence-electron chi connectivity index (χ2n) is 5.93.